The average molecular weight is 430 g/mol. The molecule has 3 heterocycles. The maximum Gasteiger partial charge on any atom is 0.259 e. The number of rotatable bonds is 3. The van der Waals surface area contributed by atoms with E-state index in [9.17, 15) is 13.6 Å². The van der Waals surface area contributed by atoms with Gasteiger partial charge in [-0.05, 0) is 55.5 Å². The molecule has 7 heteroatoms. The fraction of sp³-hybridized carbons (Fsp3) is 0.240. The van der Waals surface area contributed by atoms with Crippen LogP contribution in [0.3, 0.4) is 0 Å². The zero-order valence-electron chi connectivity index (χ0n) is 17.3. The summed E-state index contributed by atoms with van der Waals surface area (Å²) in [6.07, 6.45) is 5.01. The number of nitrogens with zero attached hydrogens (tertiary/aromatic N) is 4. The third kappa shape index (κ3) is 3.07. The molecule has 0 spiro atoms. The number of amides is 1. The predicted octanol–water partition coefficient (Wildman–Crippen LogP) is 5.17. The number of anilines is 1. The van der Waals surface area contributed by atoms with E-state index in [2.05, 4.69) is 4.98 Å². The Balaban J connectivity index is 1.44. The van der Waals surface area contributed by atoms with E-state index in [0.717, 1.165) is 35.7 Å². The van der Waals surface area contributed by atoms with Crippen molar-refractivity contribution in [3.63, 3.8) is 0 Å². The van der Waals surface area contributed by atoms with Crippen molar-refractivity contribution in [1.82, 2.24) is 14.8 Å². The highest BCUT2D eigenvalue weighted by Gasteiger charge is 2.31. The molecule has 1 amide bonds. The van der Waals surface area contributed by atoms with Crippen LogP contribution in [0.15, 0.2) is 54.7 Å². The van der Waals surface area contributed by atoms with Crippen LogP contribution in [-0.2, 0) is 6.42 Å². The summed E-state index contributed by atoms with van der Waals surface area (Å²) in [4.78, 5) is 19.6. The number of para-hydroxylation sites is 1. The second-order valence-electron chi connectivity index (χ2n) is 8.46. The normalized spacial score (nSPS) is 15.8. The van der Waals surface area contributed by atoms with Crippen LogP contribution in [0.2, 0.25) is 0 Å². The first-order chi connectivity index (χ1) is 15.6. The molecule has 0 unspecified atom stereocenters. The van der Waals surface area contributed by atoms with Crippen LogP contribution in [0, 0.1) is 11.6 Å². The Bertz CT molecular complexity index is 1360. The number of aromatic nitrogens is 3. The maximum absolute atomic E-state index is 13.9. The summed E-state index contributed by atoms with van der Waals surface area (Å²) in [5.41, 5.74) is 4.08. The first-order valence-corrected chi connectivity index (χ1v) is 10.8. The Hall–Kier alpha value is -3.61. The number of aryl methyl sites for hydroxylation is 1. The summed E-state index contributed by atoms with van der Waals surface area (Å²) in [6.45, 7) is 0.452. The summed E-state index contributed by atoms with van der Waals surface area (Å²) in [5, 5.41) is 5.70. The van der Waals surface area contributed by atoms with Gasteiger partial charge in [0, 0.05) is 30.1 Å². The van der Waals surface area contributed by atoms with Gasteiger partial charge >= 0.3 is 0 Å². The molecular weight excluding hydrogens is 410 g/mol. The number of carbonyl (C=O) groups is 1. The topological polar surface area (TPSA) is 51.0 Å². The monoisotopic (exact) mass is 430 g/mol. The van der Waals surface area contributed by atoms with Crippen molar-refractivity contribution in [2.75, 3.05) is 11.4 Å². The SMILES string of the molecule is O=C(c1cnc2c(c1)c(C1CC1)nn2-c1ccccc1)N1CCCc2cc(F)c(F)cc21. The van der Waals surface area contributed by atoms with Crippen molar-refractivity contribution < 1.29 is 13.6 Å². The minimum absolute atomic E-state index is 0.263. The molecule has 160 valence electrons. The summed E-state index contributed by atoms with van der Waals surface area (Å²) in [5.74, 6) is -1.72. The second kappa shape index (κ2) is 7.22. The van der Waals surface area contributed by atoms with Crippen LogP contribution in [0.25, 0.3) is 16.7 Å². The van der Waals surface area contributed by atoms with Gasteiger partial charge in [-0.15, -0.1) is 0 Å². The highest BCUT2D eigenvalue weighted by Crippen LogP contribution is 2.43. The zero-order chi connectivity index (χ0) is 21.8. The molecule has 1 aliphatic carbocycles. The highest BCUT2D eigenvalue weighted by atomic mass is 19.2. The van der Waals surface area contributed by atoms with E-state index in [1.165, 1.54) is 11.0 Å². The molecule has 4 aromatic rings. The molecule has 0 N–H and O–H groups in total. The molecule has 0 bridgehead atoms. The van der Waals surface area contributed by atoms with Crippen LogP contribution >= 0.6 is 0 Å². The predicted molar refractivity (Wildman–Crippen MR) is 117 cm³/mol. The second-order valence-corrected chi connectivity index (χ2v) is 8.46. The summed E-state index contributed by atoms with van der Waals surface area (Å²) in [7, 11) is 0. The Labute approximate surface area is 183 Å². The van der Waals surface area contributed by atoms with Crippen molar-refractivity contribution in [3.8, 4) is 5.69 Å². The van der Waals surface area contributed by atoms with Crippen molar-refractivity contribution in [1.29, 1.82) is 0 Å². The first kappa shape index (κ1) is 19.1. The smallest absolute Gasteiger partial charge is 0.259 e. The van der Waals surface area contributed by atoms with Gasteiger partial charge in [0.05, 0.1) is 22.6 Å². The van der Waals surface area contributed by atoms with Crippen molar-refractivity contribution in [2.24, 2.45) is 0 Å². The number of hydrogen-bond acceptors (Lipinski definition) is 3. The van der Waals surface area contributed by atoms with Crippen molar-refractivity contribution >= 4 is 22.6 Å². The highest BCUT2D eigenvalue weighted by molar-refractivity contribution is 6.08. The minimum atomic E-state index is -0.947. The molecule has 6 rings (SSSR count). The molecule has 32 heavy (non-hydrogen) atoms. The molecule has 0 atom stereocenters. The molecule has 1 saturated carbocycles. The molecule has 2 aromatic heterocycles. The molecular formula is C25H20F2N4O. The van der Waals surface area contributed by atoms with Crippen LogP contribution in [0.4, 0.5) is 14.5 Å². The molecule has 2 aromatic carbocycles. The van der Waals surface area contributed by atoms with E-state index >= 15 is 0 Å². The molecule has 5 nitrogen and oxygen atoms in total. The van der Waals surface area contributed by atoms with Gasteiger partial charge in [-0.3, -0.25) is 4.79 Å². The fourth-order valence-corrected chi connectivity index (χ4v) is 4.49. The van der Waals surface area contributed by atoms with E-state index in [-0.39, 0.29) is 5.91 Å². The third-order valence-electron chi connectivity index (χ3n) is 6.25. The fourth-order valence-electron chi connectivity index (χ4n) is 4.49. The van der Waals surface area contributed by atoms with Crippen LogP contribution < -0.4 is 4.90 Å². The van der Waals surface area contributed by atoms with Gasteiger partial charge in [0.25, 0.3) is 5.91 Å². The lowest BCUT2D eigenvalue weighted by Crippen LogP contribution is -2.35. The largest absolute Gasteiger partial charge is 0.308 e. The van der Waals surface area contributed by atoms with Gasteiger partial charge < -0.3 is 4.90 Å². The number of benzene rings is 2. The minimum Gasteiger partial charge on any atom is -0.308 e. The van der Waals surface area contributed by atoms with E-state index in [0.29, 0.717) is 47.8 Å². The molecule has 0 radical (unpaired) electrons. The summed E-state index contributed by atoms with van der Waals surface area (Å²) in [6, 6.07) is 14.0. The maximum atomic E-state index is 13.9. The number of fused-ring (bicyclic) bond motifs is 2. The quantitative estimate of drug-likeness (QED) is 0.451. The van der Waals surface area contributed by atoms with Crippen molar-refractivity contribution in [3.05, 3.63) is 83.2 Å². The lowest BCUT2D eigenvalue weighted by Gasteiger charge is -2.29. The van der Waals surface area contributed by atoms with Gasteiger partial charge in [0.1, 0.15) is 0 Å². The number of hydrogen-bond donors (Lipinski definition) is 0. The Morgan fingerprint density at radius 1 is 1.03 bits per heavy atom. The Morgan fingerprint density at radius 3 is 2.59 bits per heavy atom. The van der Waals surface area contributed by atoms with E-state index in [1.807, 2.05) is 41.1 Å². The van der Waals surface area contributed by atoms with E-state index in [1.54, 1.807) is 6.20 Å². The molecule has 2 aliphatic rings. The molecule has 0 saturated heterocycles. The van der Waals surface area contributed by atoms with Crippen LogP contribution in [0.1, 0.15) is 46.8 Å². The van der Waals surface area contributed by atoms with E-state index in [4.69, 9.17) is 5.10 Å². The number of halogens is 2. The zero-order valence-corrected chi connectivity index (χ0v) is 17.3. The molecule has 1 aliphatic heterocycles. The third-order valence-corrected chi connectivity index (χ3v) is 6.25. The summed E-state index contributed by atoms with van der Waals surface area (Å²) < 4.78 is 29.5. The number of pyridine rings is 1. The average Bonchev–Trinajstić information content (AvgIpc) is 3.59. The van der Waals surface area contributed by atoms with Gasteiger partial charge in [-0.2, -0.15) is 5.10 Å². The van der Waals surface area contributed by atoms with E-state index < -0.39 is 11.6 Å². The summed E-state index contributed by atoms with van der Waals surface area (Å²) >= 11 is 0. The number of carbonyl (C=O) groups excluding carboxylic acids is 1. The van der Waals surface area contributed by atoms with Gasteiger partial charge in [-0.25, -0.2) is 18.4 Å². The standard InChI is InChI=1S/C25H20F2N4O/c26-20-12-16-5-4-10-30(22(16)13-21(20)27)25(32)17-11-19-23(15-8-9-15)29-31(24(19)28-14-17)18-6-2-1-3-7-18/h1-3,6-7,11-15H,4-5,8-10H2. The lowest BCUT2D eigenvalue weighted by atomic mass is 10.0. The first-order valence-electron chi connectivity index (χ1n) is 10.8. The van der Waals surface area contributed by atoms with Crippen molar-refractivity contribution in [2.45, 2.75) is 31.6 Å². The molecule has 1 fully saturated rings. The van der Waals surface area contributed by atoms with Crippen LogP contribution in [0.5, 0.6) is 0 Å². The van der Waals surface area contributed by atoms with Gasteiger partial charge in [0.2, 0.25) is 0 Å². The van der Waals surface area contributed by atoms with Gasteiger partial charge in [-0.1, -0.05) is 18.2 Å². The lowest BCUT2D eigenvalue weighted by molar-refractivity contribution is 0.0985. The van der Waals surface area contributed by atoms with Gasteiger partial charge in [0.15, 0.2) is 17.3 Å². The Morgan fingerprint density at radius 2 is 1.81 bits per heavy atom. The van der Waals surface area contributed by atoms with Crippen LogP contribution in [-0.4, -0.2) is 27.2 Å². The Kier molecular flexibility index (Phi) is 4.31.